The summed E-state index contributed by atoms with van der Waals surface area (Å²) in [5, 5.41) is 0. The highest BCUT2D eigenvalue weighted by atomic mass is 16.5. The summed E-state index contributed by atoms with van der Waals surface area (Å²) >= 11 is 0. The van der Waals surface area contributed by atoms with Crippen molar-refractivity contribution >= 4 is 17.9 Å². The third-order valence-corrected chi connectivity index (χ3v) is 4.45. The van der Waals surface area contributed by atoms with E-state index < -0.39 is 5.97 Å². The zero-order valence-corrected chi connectivity index (χ0v) is 17.2. The second kappa shape index (κ2) is 11.5. The highest BCUT2D eigenvalue weighted by molar-refractivity contribution is 5.90. The van der Waals surface area contributed by atoms with Gasteiger partial charge in [0.1, 0.15) is 11.5 Å². The number of pyridine rings is 1. The first-order chi connectivity index (χ1) is 14.7. The summed E-state index contributed by atoms with van der Waals surface area (Å²) in [5.41, 5.74) is 2.17. The van der Waals surface area contributed by atoms with Crippen LogP contribution in [0.5, 0.6) is 11.5 Å². The van der Waals surface area contributed by atoms with E-state index in [-0.39, 0.29) is 0 Å². The van der Waals surface area contributed by atoms with Gasteiger partial charge in [-0.2, -0.15) is 0 Å². The van der Waals surface area contributed by atoms with E-state index in [1.807, 2.05) is 24.3 Å². The molecule has 0 aliphatic carbocycles. The first-order valence-corrected chi connectivity index (χ1v) is 10.2. The summed E-state index contributed by atoms with van der Waals surface area (Å²) in [7, 11) is 0. The van der Waals surface area contributed by atoms with Crippen LogP contribution in [0.15, 0.2) is 78.0 Å². The van der Waals surface area contributed by atoms with Gasteiger partial charge in [-0.3, -0.25) is 9.98 Å². The SMILES string of the molecule is CCCCCCOc1ccc(C=Nc2ccc(OC(=O)c3cccnc3)cc2)cc1. The molecule has 0 aliphatic rings. The molecular weight excluding hydrogens is 376 g/mol. The van der Waals surface area contributed by atoms with Gasteiger partial charge in [0, 0.05) is 18.6 Å². The van der Waals surface area contributed by atoms with Crippen molar-refractivity contribution in [3.63, 3.8) is 0 Å². The van der Waals surface area contributed by atoms with Crippen LogP contribution in [0.4, 0.5) is 5.69 Å². The molecule has 3 aromatic rings. The fraction of sp³-hybridized carbons (Fsp3) is 0.240. The molecule has 0 aliphatic heterocycles. The molecular formula is C25H26N2O3. The highest BCUT2D eigenvalue weighted by Gasteiger charge is 2.07. The lowest BCUT2D eigenvalue weighted by molar-refractivity contribution is 0.0734. The van der Waals surface area contributed by atoms with Crippen LogP contribution in [0.1, 0.15) is 48.5 Å². The number of aromatic nitrogens is 1. The van der Waals surface area contributed by atoms with E-state index in [4.69, 9.17) is 9.47 Å². The predicted octanol–water partition coefficient (Wildman–Crippen LogP) is 6.01. The number of hydrogen-bond acceptors (Lipinski definition) is 5. The number of nitrogens with zero attached hydrogens (tertiary/aromatic N) is 2. The van der Waals surface area contributed by atoms with Gasteiger partial charge in [0.25, 0.3) is 0 Å². The van der Waals surface area contributed by atoms with E-state index >= 15 is 0 Å². The molecule has 0 fully saturated rings. The average molecular weight is 402 g/mol. The zero-order valence-electron chi connectivity index (χ0n) is 17.2. The number of carbonyl (C=O) groups is 1. The Kier molecular flexibility index (Phi) is 8.15. The molecule has 5 heteroatoms. The Balaban J connectivity index is 1.49. The Labute approximate surface area is 177 Å². The van der Waals surface area contributed by atoms with Gasteiger partial charge in [-0.05, 0) is 72.6 Å². The molecule has 0 spiro atoms. The monoisotopic (exact) mass is 402 g/mol. The van der Waals surface area contributed by atoms with E-state index in [0.717, 1.165) is 30.0 Å². The Morgan fingerprint density at radius 2 is 1.73 bits per heavy atom. The molecule has 0 N–H and O–H groups in total. The quantitative estimate of drug-likeness (QED) is 0.180. The molecule has 0 saturated heterocycles. The fourth-order valence-corrected chi connectivity index (χ4v) is 2.77. The van der Waals surface area contributed by atoms with Gasteiger partial charge in [0.2, 0.25) is 0 Å². The molecule has 0 radical (unpaired) electrons. The van der Waals surface area contributed by atoms with Gasteiger partial charge in [-0.15, -0.1) is 0 Å². The van der Waals surface area contributed by atoms with Gasteiger partial charge in [-0.1, -0.05) is 26.2 Å². The molecule has 154 valence electrons. The van der Waals surface area contributed by atoms with Crippen LogP contribution in [-0.4, -0.2) is 23.8 Å². The number of rotatable bonds is 10. The maximum absolute atomic E-state index is 12.0. The first kappa shape index (κ1) is 21.2. The van der Waals surface area contributed by atoms with Crippen molar-refractivity contribution in [2.45, 2.75) is 32.6 Å². The summed E-state index contributed by atoms with van der Waals surface area (Å²) < 4.78 is 11.1. The molecule has 2 aromatic carbocycles. The first-order valence-electron chi connectivity index (χ1n) is 10.2. The van der Waals surface area contributed by atoms with Crippen molar-refractivity contribution in [3.8, 4) is 11.5 Å². The van der Waals surface area contributed by atoms with Crippen LogP contribution in [0, 0.1) is 0 Å². The minimum atomic E-state index is -0.438. The lowest BCUT2D eigenvalue weighted by atomic mass is 10.2. The van der Waals surface area contributed by atoms with E-state index in [0.29, 0.717) is 11.3 Å². The van der Waals surface area contributed by atoms with Crippen LogP contribution in [-0.2, 0) is 0 Å². The van der Waals surface area contributed by atoms with Gasteiger partial charge in [0.15, 0.2) is 0 Å². The molecule has 0 unspecified atom stereocenters. The van der Waals surface area contributed by atoms with Crippen molar-refractivity contribution in [3.05, 3.63) is 84.2 Å². The van der Waals surface area contributed by atoms with E-state index in [2.05, 4.69) is 16.9 Å². The van der Waals surface area contributed by atoms with Crippen molar-refractivity contribution in [2.24, 2.45) is 4.99 Å². The van der Waals surface area contributed by atoms with E-state index in [1.165, 1.54) is 25.5 Å². The minimum absolute atomic E-state index is 0.410. The smallest absolute Gasteiger partial charge is 0.345 e. The number of hydrogen-bond donors (Lipinski definition) is 0. The number of unbranched alkanes of at least 4 members (excludes halogenated alkanes) is 3. The van der Waals surface area contributed by atoms with Gasteiger partial charge < -0.3 is 9.47 Å². The lowest BCUT2D eigenvalue weighted by Gasteiger charge is -2.06. The molecule has 3 rings (SSSR count). The third-order valence-electron chi connectivity index (χ3n) is 4.45. The van der Waals surface area contributed by atoms with Crippen molar-refractivity contribution in [2.75, 3.05) is 6.61 Å². The number of aliphatic imine (C=N–C) groups is 1. The van der Waals surface area contributed by atoms with E-state index in [9.17, 15) is 4.79 Å². The van der Waals surface area contributed by atoms with Crippen LogP contribution in [0.2, 0.25) is 0 Å². The summed E-state index contributed by atoms with van der Waals surface area (Å²) in [6, 6.07) is 18.3. The highest BCUT2D eigenvalue weighted by Crippen LogP contribution is 2.19. The normalized spacial score (nSPS) is 10.8. The summed E-state index contributed by atoms with van der Waals surface area (Å²) in [6.45, 7) is 2.96. The maximum Gasteiger partial charge on any atom is 0.345 e. The lowest BCUT2D eigenvalue weighted by Crippen LogP contribution is -2.08. The second-order valence-corrected chi connectivity index (χ2v) is 6.86. The molecule has 30 heavy (non-hydrogen) atoms. The topological polar surface area (TPSA) is 60.8 Å². The maximum atomic E-state index is 12.0. The molecule has 0 amide bonds. The number of benzene rings is 2. The van der Waals surface area contributed by atoms with Crippen LogP contribution in [0.25, 0.3) is 0 Å². The van der Waals surface area contributed by atoms with Crippen LogP contribution >= 0.6 is 0 Å². The van der Waals surface area contributed by atoms with Crippen LogP contribution in [0.3, 0.4) is 0 Å². The standard InChI is InChI=1S/C25H26N2O3/c1-2-3-4-5-17-29-23-12-8-20(9-13-23)18-27-22-10-14-24(15-11-22)30-25(28)21-7-6-16-26-19-21/h6-16,18-19H,2-5,17H2,1H3. The molecule has 5 nitrogen and oxygen atoms in total. The van der Waals surface area contributed by atoms with Gasteiger partial charge >= 0.3 is 5.97 Å². The minimum Gasteiger partial charge on any atom is -0.494 e. The number of esters is 1. The average Bonchev–Trinajstić information content (AvgIpc) is 2.80. The number of ether oxygens (including phenoxy) is 2. The molecule has 1 aromatic heterocycles. The largest absolute Gasteiger partial charge is 0.494 e. The number of carbonyl (C=O) groups excluding carboxylic acids is 1. The molecule has 0 bridgehead atoms. The Bertz CT molecular complexity index is 936. The predicted molar refractivity (Wildman–Crippen MR) is 119 cm³/mol. The Morgan fingerprint density at radius 3 is 2.43 bits per heavy atom. The molecule has 0 saturated carbocycles. The Morgan fingerprint density at radius 1 is 0.967 bits per heavy atom. The van der Waals surface area contributed by atoms with Gasteiger partial charge in [-0.25, -0.2) is 4.79 Å². The van der Waals surface area contributed by atoms with Crippen LogP contribution < -0.4 is 9.47 Å². The fourth-order valence-electron chi connectivity index (χ4n) is 2.77. The van der Waals surface area contributed by atoms with Crippen molar-refractivity contribution in [1.29, 1.82) is 0 Å². The Hall–Kier alpha value is -3.47. The molecule has 1 heterocycles. The molecule has 0 atom stereocenters. The van der Waals surface area contributed by atoms with Crippen molar-refractivity contribution in [1.82, 2.24) is 4.98 Å². The summed E-state index contributed by atoms with van der Waals surface area (Å²) in [5.74, 6) is 0.902. The van der Waals surface area contributed by atoms with Crippen molar-refractivity contribution < 1.29 is 14.3 Å². The summed E-state index contributed by atoms with van der Waals surface area (Å²) in [6.07, 6.45) is 9.66. The second-order valence-electron chi connectivity index (χ2n) is 6.86. The van der Waals surface area contributed by atoms with Gasteiger partial charge in [0.05, 0.1) is 17.9 Å². The third kappa shape index (κ3) is 6.85. The zero-order chi connectivity index (χ0) is 21.0. The van der Waals surface area contributed by atoms with E-state index in [1.54, 1.807) is 48.8 Å². The summed E-state index contributed by atoms with van der Waals surface area (Å²) in [4.78, 5) is 20.4.